The van der Waals surface area contributed by atoms with E-state index in [-0.39, 0.29) is 6.04 Å². The number of nitrogens with one attached hydrogen (secondary N) is 2. The zero-order valence-corrected chi connectivity index (χ0v) is 8.74. The predicted octanol–water partition coefficient (Wildman–Crippen LogP) is -0.222. The maximum Gasteiger partial charge on any atom is 0.102 e. The Labute approximate surface area is 93.8 Å². The number of aliphatic hydroxyl groups excluding tert-OH is 2. The van der Waals surface area contributed by atoms with Gasteiger partial charge in [-0.25, -0.2) is 0 Å². The fraction of sp³-hybridized carbons (Fsp3) is 0.364. The van der Waals surface area contributed by atoms with Crippen LogP contribution in [0.25, 0.3) is 0 Å². The van der Waals surface area contributed by atoms with Crippen LogP contribution in [0.3, 0.4) is 0 Å². The molecule has 1 aromatic carbocycles. The third kappa shape index (κ3) is 2.57. The minimum Gasteiger partial charge on any atom is -0.389 e. The van der Waals surface area contributed by atoms with E-state index in [1.165, 1.54) is 0 Å². The molecule has 1 fully saturated rings. The lowest BCUT2D eigenvalue weighted by Crippen LogP contribution is -2.34. The quantitative estimate of drug-likeness (QED) is 0.420. The molecule has 4 N–H and O–H groups in total. The van der Waals surface area contributed by atoms with Crippen LogP contribution in [0.5, 0.6) is 0 Å². The number of hydrogen-bond donors (Lipinski definition) is 4. The van der Waals surface area contributed by atoms with Gasteiger partial charge in [0, 0.05) is 12.8 Å². The summed E-state index contributed by atoms with van der Waals surface area (Å²) in [6, 6.07) is 9.23. The molecule has 0 bridgehead atoms. The highest BCUT2D eigenvalue weighted by Gasteiger charge is 2.31. The van der Waals surface area contributed by atoms with Gasteiger partial charge in [-0.1, -0.05) is 18.2 Å². The molecule has 1 aliphatic heterocycles. The highest BCUT2D eigenvalue weighted by Crippen LogP contribution is 2.07. The first-order valence-electron chi connectivity index (χ1n) is 5.21. The number of hydrazone groups is 1. The van der Waals surface area contributed by atoms with Crippen molar-refractivity contribution in [2.45, 2.75) is 18.2 Å². The number of hydrogen-bond acceptors (Lipinski definition) is 5. The molecule has 2 rings (SSSR count). The number of anilines is 1. The summed E-state index contributed by atoms with van der Waals surface area (Å²) in [6.07, 6.45) is 0.0583. The molecule has 3 atom stereocenters. The van der Waals surface area contributed by atoms with E-state index in [1.807, 2.05) is 30.3 Å². The lowest BCUT2D eigenvalue weighted by molar-refractivity contribution is 0.0507. The third-order valence-electron chi connectivity index (χ3n) is 2.53. The van der Waals surface area contributed by atoms with E-state index in [9.17, 15) is 10.2 Å². The first-order valence-corrected chi connectivity index (χ1v) is 5.21. The molecule has 0 spiro atoms. The van der Waals surface area contributed by atoms with E-state index in [0.29, 0.717) is 6.54 Å². The van der Waals surface area contributed by atoms with Crippen LogP contribution in [-0.2, 0) is 0 Å². The summed E-state index contributed by atoms with van der Waals surface area (Å²) in [7, 11) is 0. The van der Waals surface area contributed by atoms with Gasteiger partial charge in [0.25, 0.3) is 0 Å². The van der Waals surface area contributed by atoms with Crippen molar-refractivity contribution in [3.63, 3.8) is 0 Å². The third-order valence-corrected chi connectivity index (χ3v) is 2.53. The van der Waals surface area contributed by atoms with E-state index in [4.69, 9.17) is 0 Å². The molecule has 1 heterocycles. The summed E-state index contributed by atoms with van der Waals surface area (Å²) in [5.74, 6) is 0. The van der Waals surface area contributed by atoms with Crippen LogP contribution in [0, 0.1) is 0 Å². The average molecular weight is 221 g/mol. The fourth-order valence-corrected chi connectivity index (χ4v) is 1.58. The van der Waals surface area contributed by atoms with Gasteiger partial charge in [-0.2, -0.15) is 5.10 Å². The molecular formula is C11H15N3O2. The Morgan fingerprint density at radius 2 is 2.06 bits per heavy atom. The van der Waals surface area contributed by atoms with E-state index < -0.39 is 12.2 Å². The average Bonchev–Trinajstić information content (AvgIpc) is 2.62. The van der Waals surface area contributed by atoms with Crippen molar-refractivity contribution < 1.29 is 10.2 Å². The maximum absolute atomic E-state index is 9.52. The minimum absolute atomic E-state index is 0.300. The smallest absolute Gasteiger partial charge is 0.102 e. The van der Waals surface area contributed by atoms with Gasteiger partial charge < -0.3 is 15.5 Å². The van der Waals surface area contributed by atoms with Crippen molar-refractivity contribution in [3.8, 4) is 0 Å². The van der Waals surface area contributed by atoms with Crippen LogP contribution < -0.4 is 10.7 Å². The van der Waals surface area contributed by atoms with Gasteiger partial charge >= 0.3 is 0 Å². The summed E-state index contributed by atoms with van der Waals surface area (Å²) in [5, 5.41) is 25.8. The normalized spacial score (nSPS) is 29.8. The molecule has 5 heteroatoms. The van der Waals surface area contributed by atoms with Gasteiger partial charge in [-0.15, -0.1) is 0 Å². The van der Waals surface area contributed by atoms with Crippen LogP contribution >= 0.6 is 0 Å². The van der Waals surface area contributed by atoms with E-state index in [1.54, 1.807) is 6.21 Å². The molecule has 1 aromatic rings. The lowest BCUT2D eigenvalue weighted by atomic mass is 10.1. The molecule has 1 saturated heterocycles. The van der Waals surface area contributed by atoms with Gasteiger partial charge in [0.15, 0.2) is 0 Å². The first-order chi connectivity index (χ1) is 7.77. The van der Waals surface area contributed by atoms with Crippen molar-refractivity contribution in [2.75, 3.05) is 12.0 Å². The Morgan fingerprint density at radius 1 is 1.31 bits per heavy atom. The lowest BCUT2D eigenvalue weighted by Gasteiger charge is -2.10. The summed E-state index contributed by atoms with van der Waals surface area (Å²) in [4.78, 5) is 0. The van der Waals surface area contributed by atoms with E-state index in [0.717, 1.165) is 5.69 Å². The highest BCUT2D eigenvalue weighted by atomic mass is 16.3. The van der Waals surface area contributed by atoms with E-state index in [2.05, 4.69) is 15.8 Å². The number of benzene rings is 1. The Hall–Kier alpha value is -1.43. The highest BCUT2D eigenvalue weighted by molar-refractivity contribution is 5.67. The Bertz CT molecular complexity index is 356. The second-order valence-corrected chi connectivity index (χ2v) is 3.75. The molecule has 0 aromatic heterocycles. The van der Waals surface area contributed by atoms with Crippen LogP contribution in [0.4, 0.5) is 5.69 Å². The largest absolute Gasteiger partial charge is 0.389 e. The maximum atomic E-state index is 9.52. The van der Waals surface area contributed by atoms with Gasteiger partial charge in [0.2, 0.25) is 0 Å². The molecule has 16 heavy (non-hydrogen) atoms. The molecule has 0 unspecified atom stereocenters. The molecule has 86 valence electrons. The van der Waals surface area contributed by atoms with Gasteiger partial charge in [0.05, 0.1) is 17.8 Å². The zero-order valence-electron chi connectivity index (χ0n) is 8.74. The molecule has 5 nitrogen and oxygen atoms in total. The SMILES string of the molecule is O[C@H]1[C@@H](O)CN[C@@H]1C=NNc1ccccc1. The summed E-state index contributed by atoms with van der Waals surface area (Å²) < 4.78 is 0. The molecule has 1 aliphatic rings. The molecule has 0 radical (unpaired) electrons. The second kappa shape index (κ2) is 5.07. The van der Waals surface area contributed by atoms with Gasteiger partial charge in [-0.05, 0) is 12.1 Å². The van der Waals surface area contributed by atoms with Crippen molar-refractivity contribution in [1.82, 2.24) is 5.32 Å². The molecular weight excluding hydrogens is 206 g/mol. The van der Waals surface area contributed by atoms with Crippen molar-refractivity contribution in [2.24, 2.45) is 5.10 Å². The number of rotatable bonds is 3. The van der Waals surface area contributed by atoms with Crippen LogP contribution in [0.15, 0.2) is 35.4 Å². The molecule has 0 aliphatic carbocycles. The van der Waals surface area contributed by atoms with Crippen molar-refractivity contribution in [1.29, 1.82) is 0 Å². The van der Waals surface area contributed by atoms with Crippen molar-refractivity contribution >= 4 is 11.9 Å². The summed E-state index contributed by atoms with van der Waals surface area (Å²) in [5.41, 5.74) is 3.72. The Morgan fingerprint density at radius 3 is 2.69 bits per heavy atom. The first kappa shape index (κ1) is 11.1. The molecule has 0 amide bonds. The summed E-state index contributed by atoms with van der Waals surface area (Å²) >= 11 is 0. The number of aliphatic hydroxyl groups is 2. The van der Waals surface area contributed by atoms with E-state index >= 15 is 0 Å². The van der Waals surface area contributed by atoms with Crippen molar-refractivity contribution in [3.05, 3.63) is 30.3 Å². The van der Waals surface area contributed by atoms with Gasteiger partial charge in [0.1, 0.15) is 6.10 Å². The number of nitrogens with zero attached hydrogens (tertiary/aromatic N) is 1. The minimum atomic E-state index is -0.790. The van der Waals surface area contributed by atoms with Crippen LogP contribution in [0.2, 0.25) is 0 Å². The number of β-amino-alcohol motifs (C(OH)–C–C–N with tert-alkyl or cyclic N) is 1. The standard InChI is InChI=1S/C11H15N3O2/c15-10-7-12-9(11(10)16)6-13-14-8-4-2-1-3-5-8/h1-6,9-12,14-16H,7H2/t9-,10+,11-/m1/s1. The Kier molecular flexibility index (Phi) is 3.51. The fourth-order valence-electron chi connectivity index (χ4n) is 1.58. The monoisotopic (exact) mass is 221 g/mol. The zero-order chi connectivity index (χ0) is 11.4. The number of para-hydroxylation sites is 1. The molecule has 0 saturated carbocycles. The van der Waals surface area contributed by atoms with Crippen LogP contribution in [-0.4, -0.2) is 41.2 Å². The summed E-state index contributed by atoms with van der Waals surface area (Å²) in [6.45, 7) is 0.392. The Balaban J connectivity index is 1.86. The predicted molar refractivity (Wildman–Crippen MR) is 62.4 cm³/mol. The van der Waals surface area contributed by atoms with Crippen LogP contribution in [0.1, 0.15) is 0 Å². The van der Waals surface area contributed by atoms with Gasteiger partial charge in [-0.3, -0.25) is 5.43 Å². The topological polar surface area (TPSA) is 76.9 Å². The second-order valence-electron chi connectivity index (χ2n) is 3.75.